The first-order chi connectivity index (χ1) is 13.7. The average molecular weight is 380 g/mol. The van der Waals surface area contributed by atoms with E-state index in [2.05, 4.69) is 40.5 Å². The number of amides is 1. The first-order valence-corrected chi connectivity index (χ1v) is 10.00. The van der Waals surface area contributed by atoms with Crippen LogP contribution in [0.3, 0.4) is 0 Å². The molecule has 1 N–H and O–H groups in total. The topological polar surface area (TPSA) is 50.8 Å². The molecule has 2 fully saturated rings. The van der Waals surface area contributed by atoms with Crippen LogP contribution in [-0.2, 0) is 6.54 Å². The number of hydrogen-bond donors (Lipinski definition) is 1. The summed E-state index contributed by atoms with van der Waals surface area (Å²) in [7, 11) is 3.19. The summed E-state index contributed by atoms with van der Waals surface area (Å²) in [4.78, 5) is 15.5. The molecule has 2 heterocycles. The molecular weight excluding hydrogens is 352 g/mol. The van der Waals surface area contributed by atoms with Crippen LogP contribution in [0.2, 0.25) is 0 Å². The minimum atomic E-state index is -0.0573. The van der Waals surface area contributed by atoms with Gasteiger partial charge < -0.3 is 14.8 Å². The van der Waals surface area contributed by atoms with Gasteiger partial charge in [0.1, 0.15) is 11.5 Å². The Kier molecular flexibility index (Phi) is 5.53. The van der Waals surface area contributed by atoms with E-state index >= 15 is 0 Å². The van der Waals surface area contributed by atoms with Crippen molar-refractivity contribution in [2.24, 2.45) is 0 Å². The number of rotatable bonds is 6. The third kappa shape index (κ3) is 3.99. The van der Waals surface area contributed by atoms with Gasteiger partial charge >= 0.3 is 0 Å². The second-order valence-corrected chi connectivity index (χ2v) is 7.79. The standard InChI is InChI=1S/C23H28N2O3/c1-27-21-10-17(11-22(14-21)28-2)23(26)24-18-12-19-8-9-20(13-18)25(19)15-16-6-4-3-5-7-16/h3-7,10-11,14,18-20H,8-9,12-13,15H2,1-2H3,(H,24,26). The van der Waals surface area contributed by atoms with Crippen LogP contribution in [0.15, 0.2) is 48.5 Å². The Balaban J connectivity index is 1.40. The number of ether oxygens (including phenoxy) is 2. The third-order valence-electron chi connectivity index (χ3n) is 6.04. The SMILES string of the molecule is COc1cc(OC)cc(C(=O)NC2CC3CCC(C2)N3Cc2ccccc2)c1. The molecule has 2 atom stereocenters. The second kappa shape index (κ2) is 8.23. The lowest BCUT2D eigenvalue weighted by molar-refractivity contribution is 0.0827. The van der Waals surface area contributed by atoms with Gasteiger partial charge in [0.25, 0.3) is 5.91 Å². The van der Waals surface area contributed by atoms with E-state index in [0.717, 1.165) is 19.4 Å². The monoisotopic (exact) mass is 380 g/mol. The van der Waals surface area contributed by atoms with Crippen LogP contribution in [-0.4, -0.2) is 43.2 Å². The molecule has 2 aromatic carbocycles. The fourth-order valence-corrected chi connectivity index (χ4v) is 4.65. The zero-order chi connectivity index (χ0) is 19.5. The molecule has 2 aromatic rings. The molecule has 2 bridgehead atoms. The normalized spacial score (nSPS) is 24.0. The molecule has 0 aliphatic carbocycles. The number of fused-ring (bicyclic) bond motifs is 2. The molecule has 2 unspecified atom stereocenters. The summed E-state index contributed by atoms with van der Waals surface area (Å²) in [6.45, 7) is 1.00. The van der Waals surface area contributed by atoms with Crippen molar-refractivity contribution in [3.05, 3.63) is 59.7 Å². The van der Waals surface area contributed by atoms with Crippen LogP contribution < -0.4 is 14.8 Å². The highest BCUT2D eigenvalue weighted by molar-refractivity contribution is 5.95. The van der Waals surface area contributed by atoms with E-state index in [4.69, 9.17) is 9.47 Å². The van der Waals surface area contributed by atoms with Crippen molar-refractivity contribution in [3.63, 3.8) is 0 Å². The number of hydrogen-bond acceptors (Lipinski definition) is 4. The zero-order valence-electron chi connectivity index (χ0n) is 16.6. The van der Waals surface area contributed by atoms with Crippen LogP contribution in [0.4, 0.5) is 0 Å². The fourth-order valence-electron chi connectivity index (χ4n) is 4.65. The Hall–Kier alpha value is -2.53. The molecule has 0 radical (unpaired) electrons. The smallest absolute Gasteiger partial charge is 0.251 e. The van der Waals surface area contributed by atoms with E-state index in [1.54, 1.807) is 32.4 Å². The van der Waals surface area contributed by atoms with Crippen molar-refractivity contribution in [1.29, 1.82) is 0 Å². The molecule has 148 valence electrons. The van der Waals surface area contributed by atoms with Gasteiger partial charge in [-0.2, -0.15) is 0 Å². The van der Waals surface area contributed by atoms with Crippen LogP contribution in [0.25, 0.3) is 0 Å². The lowest BCUT2D eigenvalue weighted by Gasteiger charge is -2.39. The Bertz CT molecular complexity index is 788. The van der Waals surface area contributed by atoms with Gasteiger partial charge in [-0.1, -0.05) is 30.3 Å². The maximum Gasteiger partial charge on any atom is 0.251 e. The van der Waals surface area contributed by atoms with Gasteiger partial charge in [-0.15, -0.1) is 0 Å². The fraction of sp³-hybridized carbons (Fsp3) is 0.435. The van der Waals surface area contributed by atoms with Gasteiger partial charge in [-0.3, -0.25) is 9.69 Å². The molecule has 5 nitrogen and oxygen atoms in total. The van der Waals surface area contributed by atoms with Crippen molar-refractivity contribution < 1.29 is 14.3 Å². The summed E-state index contributed by atoms with van der Waals surface area (Å²) in [6.07, 6.45) is 4.46. The summed E-state index contributed by atoms with van der Waals surface area (Å²) in [6, 6.07) is 17.3. The highest BCUT2D eigenvalue weighted by Gasteiger charge is 2.40. The highest BCUT2D eigenvalue weighted by atomic mass is 16.5. The van der Waals surface area contributed by atoms with Crippen molar-refractivity contribution in [1.82, 2.24) is 10.2 Å². The quantitative estimate of drug-likeness (QED) is 0.831. The maximum absolute atomic E-state index is 12.8. The predicted molar refractivity (Wildman–Crippen MR) is 109 cm³/mol. The number of carbonyl (C=O) groups excluding carboxylic acids is 1. The highest BCUT2D eigenvalue weighted by Crippen LogP contribution is 2.37. The lowest BCUT2D eigenvalue weighted by atomic mass is 9.96. The number of piperidine rings is 1. The van der Waals surface area contributed by atoms with Gasteiger partial charge in [-0.05, 0) is 43.4 Å². The summed E-state index contributed by atoms with van der Waals surface area (Å²) in [5, 5.41) is 3.25. The summed E-state index contributed by atoms with van der Waals surface area (Å²) in [5.41, 5.74) is 1.95. The molecule has 4 rings (SSSR count). The molecule has 5 heteroatoms. The number of carbonyl (C=O) groups is 1. The number of nitrogens with zero attached hydrogens (tertiary/aromatic N) is 1. The first kappa shape index (κ1) is 18.8. The molecule has 2 aliphatic heterocycles. The van der Waals surface area contributed by atoms with E-state index in [1.165, 1.54) is 18.4 Å². The van der Waals surface area contributed by atoms with Crippen molar-refractivity contribution >= 4 is 5.91 Å². The maximum atomic E-state index is 12.8. The Morgan fingerprint density at radius 2 is 1.61 bits per heavy atom. The van der Waals surface area contributed by atoms with E-state index in [1.807, 2.05) is 0 Å². The second-order valence-electron chi connectivity index (χ2n) is 7.79. The first-order valence-electron chi connectivity index (χ1n) is 10.00. The summed E-state index contributed by atoms with van der Waals surface area (Å²) < 4.78 is 10.6. The largest absolute Gasteiger partial charge is 0.497 e. The Morgan fingerprint density at radius 1 is 1.00 bits per heavy atom. The summed E-state index contributed by atoms with van der Waals surface area (Å²) in [5.74, 6) is 1.20. The molecule has 1 amide bonds. The van der Waals surface area contributed by atoms with Gasteiger partial charge in [0.05, 0.1) is 14.2 Å². The Labute approximate surface area is 166 Å². The van der Waals surface area contributed by atoms with Gasteiger partial charge in [0.15, 0.2) is 0 Å². The number of methoxy groups -OCH3 is 2. The van der Waals surface area contributed by atoms with Crippen LogP contribution in [0.1, 0.15) is 41.6 Å². The Morgan fingerprint density at radius 3 is 2.18 bits per heavy atom. The number of benzene rings is 2. The minimum Gasteiger partial charge on any atom is -0.497 e. The van der Waals surface area contributed by atoms with Crippen LogP contribution in [0.5, 0.6) is 11.5 Å². The number of nitrogens with one attached hydrogen (secondary N) is 1. The molecular formula is C23H28N2O3. The molecule has 0 spiro atoms. The predicted octanol–water partition coefficient (Wildman–Crippen LogP) is 3.63. The molecule has 2 aliphatic rings. The van der Waals surface area contributed by atoms with E-state index in [-0.39, 0.29) is 11.9 Å². The van der Waals surface area contributed by atoms with Crippen LogP contribution >= 0.6 is 0 Å². The van der Waals surface area contributed by atoms with Gasteiger partial charge in [-0.25, -0.2) is 0 Å². The third-order valence-corrected chi connectivity index (χ3v) is 6.04. The summed E-state index contributed by atoms with van der Waals surface area (Å²) >= 11 is 0. The van der Waals surface area contributed by atoms with Gasteiger partial charge in [0.2, 0.25) is 0 Å². The van der Waals surface area contributed by atoms with Crippen molar-refractivity contribution in [3.8, 4) is 11.5 Å². The van der Waals surface area contributed by atoms with Gasteiger partial charge in [0, 0.05) is 36.3 Å². The molecule has 0 saturated carbocycles. The molecule has 0 aromatic heterocycles. The van der Waals surface area contributed by atoms with E-state index < -0.39 is 0 Å². The molecule has 2 saturated heterocycles. The van der Waals surface area contributed by atoms with Crippen LogP contribution in [0, 0.1) is 0 Å². The average Bonchev–Trinajstić information content (AvgIpc) is 2.96. The van der Waals surface area contributed by atoms with E-state index in [9.17, 15) is 4.79 Å². The minimum absolute atomic E-state index is 0.0573. The zero-order valence-corrected chi connectivity index (χ0v) is 16.6. The van der Waals surface area contributed by atoms with E-state index in [0.29, 0.717) is 29.1 Å². The molecule has 28 heavy (non-hydrogen) atoms. The van der Waals surface area contributed by atoms with Crippen molar-refractivity contribution in [2.45, 2.75) is 50.4 Å². The van der Waals surface area contributed by atoms with Crippen molar-refractivity contribution in [2.75, 3.05) is 14.2 Å². The lowest BCUT2D eigenvalue weighted by Crippen LogP contribution is -2.49.